The van der Waals surface area contributed by atoms with E-state index in [1.165, 1.54) is 0 Å². The summed E-state index contributed by atoms with van der Waals surface area (Å²) >= 11 is 6.52. The van der Waals surface area contributed by atoms with Crippen molar-refractivity contribution in [2.75, 3.05) is 0 Å². The number of alkyl halides is 1. The minimum atomic E-state index is -0.809. The molecule has 104 valence electrons. The molecule has 0 fully saturated rings. The Kier molecular flexibility index (Phi) is 4.40. The highest BCUT2D eigenvalue weighted by Gasteiger charge is 2.47. The molecule has 0 radical (unpaired) electrons. The Bertz CT molecular complexity index is 331. The lowest BCUT2D eigenvalue weighted by atomic mass is 9.65. The van der Waals surface area contributed by atoms with Gasteiger partial charge in [0.2, 0.25) is 0 Å². The normalized spacial score (nSPS) is 22.2. The quantitative estimate of drug-likeness (QED) is 0.746. The van der Waals surface area contributed by atoms with E-state index in [9.17, 15) is 5.11 Å². The predicted octanol–water partition coefficient (Wildman–Crippen LogP) is 4.55. The van der Waals surface area contributed by atoms with Crippen molar-refractivity contribution in [2.45, 2.75) is 58.9 Å². The maximum absolute atomic E-state index is 11.2. The fourth-order valence-electron chi connectivity index (χ4n) is 2.27. The SMILES string of the molecule is CC(C)(C)C(Cl)CC(O)(C1C=CC=C1)C(C)(C)C. The molecule has 1 nitrogen and oxygen atoms in total. The smallest absolute Gasteiger partial charge is 0.0806 e. The molecule has 0 aliphatic heterocycles. The second kappa shape index (κ2) is 5.02. The van der Waals surface area contributed by atoms with Gasteiger partial charge in [0.25, 0.3) is 0 Å². The van der Waals surface area contributed by atoms with Gasteiger partial charge in [-0.1, -0.05) is 65.8 Å². The van der Waals surface area contributed by atoms with Gasteiger partial charge in [-0.05, 0) is 17.3 Å². The Labute approximate surface area is 117 Å². The van der Waals surface area contributed by atoms with Gasteiger partial charge in [0.1, 0.15) is 0 Å². The average molecular weight is 271 g/mol. The van der Waals surface area contributed by atoms with Crippen LogP contribution in [0.1, 0.15) is 48.0 Å². The molecule has 1 rings (SSSR count). The summed E-state index contributed by atoms with van der Waals surface area (Å²) in [6.45, 7) is 12.6. The monoisotopic (exact) mass is 270 g/mol. The van der Waals surface area contributed by atoms with Crippen molar-refractivity contribution in [1.29, 1.82) is 0 Å². The van der Waals surface area contributed by atoms with E-state index in [4.69, 9.17) is 11.6 Å². The van der Waals surface area contributed by atoms with Gasteiger partial charge < -0.3 is 5.11 Å². The van der Waals surface area contributed by atoms with Crippen LogP contribution in [0.25, 0.3) is 0 Å². The highest BCUT2D eigenvalue weighted by molar-refractivity contribution is 6.21. The van der Waals surface area contributed by atoms with Gasteiger partial charge >= 0.3 is 0 Å². The van der Waals surface area contributed by atoms with E-state index in [1.807, 2.05) is 12.2 Å². The van der Waals surface area contributed by atoms with E-state index in [-0.39, 0.29) is 22.1 Å². The summed E-state index contributed by atoms with van der Waals surface area (Å²) in [4.78, 5) is 0. The fraction of sp³-hybridized carbons (Fsp3) is 0.750. The van der Waals surface area contributed by atoms with Gasteiger partial charge in [0.05, 0.1) is 5.60 Å². The third kappa shape index (κ3) is 3.19. The molecule has 1 aliphatic rings. The van der Waals surface area contributed by atoms with E-state index < -0.39 is 5.60 Å². The van der Waals surface area contributed by atoms with Crippen molar-refractivity contribution in [3.05, 3.63) is 24.3 Å². The molecule has 0 aromatic rings. The number of halogens is 1. The van der Waals surface area contributed by atoms with Crippen LogP contribution in [0.4, 0.5) is 0 Å². The lowest BCUT2D eigenvalue weighted by molar-refractivity contribution is -0.0890. The highest BCUT2D eigenvalue weighted by Crippen LogP contribution is 2.45. The Hall–Kier alpha value is -0.270. The van der Waals surface area contributed by atoms with Gasteiger partial charge in [-0.2, -0.15) is 0 Å². The molecule has 18 heavy (non-hydrogen) atoms. The van der Waals surface area contributed by atoms with Crippen molar-refractivity contribution in [3.63, 3.8) is 0 Å². The zero-order valence-electron chi connectivity index (χ0n) is 12.5. The van der Waals surface area contributed by atoms with Crippen LogP contribution in [-0.2, 0) is 0 Å². The van der Waals surface area contributed by atoms with Crippen molar-refractivity contribution < 1.29 is 5.11 Å². The van der Waals surface area contributed by atoms with Crippen molar-refractivity contribution in [2.24, 2.45) is 16.7 Å². The molecule has 0 amide bonds. The van der Waals surface area contributed by atoms with Gasteiger partial charge in [-0.25, -0.2) is 0 Å². The standard InChI is InChI=1S/C16H27ClO/c1-14(2,3)13(17)11-16(18,15(4,5)6)12-9-7-8-10-12/h7-10,12-13,18H,11H2,1-6H3. The molecule has 0 bridgehead atoms. The lowest BCUT2D eigenvalue weighted by Crippen LogP contribution is -2.50. The van der Waals surface area contributed by atoms with Crippen LogP contribution in [0.15, 0.2) is 24.3 Å². The summed E-state index contributed by atoms with van der Waals surface area (Å²) in [5.41, 5.74) is -1.03. The minimum Gasteiger partial charge on any atom is -0.388 e. The summed E-state index contributed by atoms with van der Waals surface area (Å²) in [5.74, 6) is 0.0566. The Morgan fingerprint density at radius 3 is 1.83 bits per heavy atom. The minimum absolute atomic E-state index is 0.00712. The molecule has 0 aromatic carbocycles. The van der Waals surface area contributed by atoms with Crippen LogP contribution in [0, 0.1) is 16.7 Å². The van der Waals surface area contributed by atoms with E-state index >= 15 is 0 Å². The number of hydrogen-bond donors (Lipinski definition) is 1. The summed E-state index contributed by atoms with van der Waals surface area (Å²) in [6, 6.07) is 0. The average Bonchev–Trinajstić information content (AvgIpc) is 2.66. The summed E-state index contributed by atoms with van der Waals surface area (Å²) in [6.07, 6.45) is 8.74. The van der Waals surface area contributed by atoms with Crippen molar-refractivity contribution >= 4 is 11.6 Å². The third-order valence-electron chi connectivity index (χ3n) is 4.03. The molecule has 0 heterocycles. The number of hydrogen-bond acceptors (Lipinski definition) is 1. The maximum Gasteiger partial charge on any atom is 0.0806 e. The topological polar surface area (TPSA) is 20.2 Å². The van der Waals surface area contributed by atoms with E-state index in [2.05, 4.69) is 53.7 Å². The Morgan fingerprint density at radius 1 is 1.06 bits per heavy atom. The molecule has 1 N–H and O–H groups in total. The molecule has 0 saturated carbocycles. The van der Waals surface area contributed by atoms with Crippen molar-refractivity contribution in [3.8, 4) is 0 Å². The molecule has 0 aromatic heterocycles. The second-order valence-electron chi connectivity index (χ2n) is 7.51. The molecule has 2 heteroatoms. The lowest BCUT2D eigenvalue weighted by Gasteiger charge is -2.46. The van der Waals surface area contributed by atoms with Gasteiger partial charge in [-0.15, -0.1) is 11.6 Å². The number of aliphatic hydroxyl groups is 1. The van der Waals surface area contributed by atoms with Crippen LogP contribution in [-0.4, -0.2) is 16.1 Å². The maximum atomic E-state index is 11.2. The second-order valence-corrected chi connectivity index (χ2v) is 8.03. The fourth-order valence-corrected chi connectivity index (χ4v) is 2.51. The number of rotatable bonds is 3. The highest BCUT2D eigenvalue weighted by atomic mass is 35.5. The van der Waals surface area contributed by atoms with Crippen molar-refractivity contribution in [1.82, 2.24) is 0 Å². The Morgan fingerprint density at radius 2 is 1.50 bits per heavy atom. The van der Waals surface area contributed by atoms with E-state index in [1.54, 1.807) is 0 Å². The van der Waals surface area contributed by atoms with Gasteiger partial charge in [-0.3, -0.25) is 0 Å². The zero-order chi connectivity index (χ0) is 14.2. The van der Waals surface area contributed by atoms with Crippen LogP contribution < -0.4 is 0 Å². The molecule has 0 spiro atoms. The first kappa shape index (κ1) is 15.8. The van der Waals surface area contributed by atoms with Crippen LogP contribution >= 0.6 is 11.6 Å². The summed E-state index contributed by atoms with van der Waals surface area (Å²) < 4.78 is 0. The molecule has 1 aliphatic carbocycles. The predicted molar refractivity (Wildman–Crippen MR) is 79.9 cm³/mol. The first-order valence-electron chi connectivity index (χ1n) is 6.70. The summed E-state index contributed by atoms with van der Waals surface area (Å²) in [5, 5.41) is 11.1. The molecular weight excluding hydrogens is 244 g/mol. The summed E-state index contributed by atoms with van der Waals surface area (Å²) in [7, 11) is 0. The first-order valence-corrected chi connectivity index (χ1v) is 7.13. The van der Waals surface area contributed by atoms with Gasteiger partial charge in [0.15, 0.2) is 0 Å². The van der Waals surface area contributed by atoms with Crippen LogP contribution in [0.2, 0.25) is 0 Å². The van der Waals surface area contributed by atoms with Gasteiger partial charge in [0, 0.05) is 11.3 Å². The largest absolute Gasteiger partial charge is 0.388 e. The third-order valence-corrected chi connectivity index (χ3v) is 4.84. The molecule has 2 unspecified atom stereocenters. The zero-order valence-corrected chi connectivity index (χ0v) is 13.3. The van der Waals surface area contributed by atoms with E-state index in [0.717, 1.165) is 0 Å². The molecule has 2 atom stereocenters. The first-order chi connectivity index (χ1) is 7.98. The number of allylic oxidation sites excluding steroid dienone is 2. The van der Waals surface area contributed by atoms with E-state index in [0.29, 0.717) is 6.42 Å². The molecule has 0 saturated heterocycles. The van der Waals surface area contributed by atoms with Crippen LogP contribution in [0.3, 0.4) is 0 Å². The van der Waals surface area contributed by atoms with Crippen LogP contribution in [0.5, 0.6) is 0 Å². The Balaban J connectivity index is 3.00. The molecular formula is C16H27ClO.